The molecule has 2 aromatic rings. The number of para-hydroxylation sites is 1. The van der Waals surface area contributed by atoms with Crippen molar-refractivity contribution < 1.29 is 19.1 Å². The van der Waals surface area contributed by atoms with Crippen LogP contribution in [0.1, 0.15) is 47.8 Å². The number of aryl methyl sites for hydroxylation is 2. The van der Waals surface area contributed by atoms with Crippen molar-refractivity contribution in [1.29, 1.82) is 0 Å². The molecule has 2 rings (SSSR count). The van der Waals surface area contributed by atoms with Gasteiger partial charge in [-0.2, -0.15) is 0 Å². The van der Waals surface area contributed by atoms with Gasteiger partial charge in [-0.05, 0) is 62.2 Å². The average Bonchev–Trinajstić information content (AvgIpc) is 3.06. The van der Waals surface area contributed by atoms with E-state index in [1.807, 2.05) is 37.4 Å². The average molecular weight is 460 g/mol. The zero-order chi connectivity index (χ0) is 23.8. The Morgan fingerprint density at radius 3 is 2.22 bits per heavy atom. The van der Waals surface area contributed by atoms with Crippen LogP contribution in [0.4, 0.5) is 10.7 Å². The molecule has 0 spiro atoms. The Hall–Kier alpha value is -2.71. The van der Waals surface area contributed by atoms with Crippen LogP contribution in [-0.2, 0) is 20.7 Å². The van der Waals surface area contributed by atoms with Crippen LogP contribution >= 0.6 is 11.3 Å². The van der Waals surface area contributed by atoms with Crippen LogP contribution in [0.5, 0.6) is 0 Å². The first kappa shape index (κ1) is 25.5. The summed E-state index contributed by atoms with van der Waals surface area (Å²) in [5.41, 5.74) is 4.07. The molecule has 0 fully saturated rings. The van der Waals surface area contributed by atoms with E-state index < -0.39 is 5.97 Å². The molecule has 0 aliphatic rings. The summed E-state index contributed by atoms with van der Waals surface area (Å²) < 4.78 is 5.19. The summed E-state index contributed by atoms with van der Waals surface area (Å²) in [5, 5.41) is 8.12. The van der Waals surface area contributed by atoms with E-state index in [0.29, 0.717) is 16.5 Å². The van der Waals surface area contributed by atoms with Gasteiger partial charge >= 0.3 is 5.97 Å². The molecule has 0 radical (unpaired) electrons. The van der Waals surface area contributed by atoms with Crippen LogP contribution < -0.4 is 10.6 Å². The fourth-order valence-corrected chi connectivity index (χ4v) is 4.38. The van der Waals surface area contributed by atoms with Crippen LogP contribution in [0.25, 0.3) is 0 Å². The smallest absolute Gasteiger partial charge is 0.341 e. The van der Waals surface area contributed by atoms with Gasteiger partial charge in [-0.25, -0.2) is 4.79 Å². The molecule has 2 amide bonds. The molecule has 8 heteroatoms. The molecule has 0 aliphatic carbocycles. The normalized spacial score (nSPS) is 11.0. The number of anilines is 2. The lowest BCUT2D eigenvalue weighted by Crippen LogP contribution is -2.36. The van der Waals surface area contributed by atoms with Crippen LogP contribution in [0, 0.1) is 19.8 Å². The second-order valence-corrected chi connectivity index (χ2v) is 9.20. The number of hydrogen-bond acceptors (Lipinski definition) is 6. The summed E-state index contributed by atoms with van der Waals surface area (Å²) in [6.07, 6.45) is 0.721. The van der Waals surface area contributed by atoms with Gasteiger partial charge in [-0.3, -0.25) is 14.5 Å². The zero-order valence-electron chi connectivity index (χ0n) is 19.7. The summed E-state index contributed by atoms with van der Waals surface area (Å²) in [5.74, 6) is -0.556. The minimum absolute atomic E-state index is 0.0137. The summed E-state index contributed by atoms with van der Waals surface area (Å²) >= 11 is 1.32. The first-order valence-electron chi connectivity index (χ1n) is 10.7. The largest absolute Gasteiger partial charge is 0.462 e. The lowest BCUT2D eigenvalue weighted by atomic mass is 10.0. The third-order valence-corrected chi connectivity index (χ3v) is 5.74. The number of thiophene rings is 1. The Labute approximate surface area is 194 Å². The van der Waals surface area contributed by atoms with Crippen molar-refractivity contribution >= 4 is 39.8 Å². The molecule has 0 saturated carbocycles. The number of likely N-dealkylation sites (N-methyl/N-ethyl adjacent to an activating group) is 1. The number of amides is 2. The predicted octanol–water partition coefficient (Wildman–Crippen LogP) is 4.25. The minimum Gasteiger partial charge on any atom is -0.462 e. The van der Waals surface area contributed by atoms with E-state index in [4.69, 9.17) is 4.74 Å². The Kier molecular flexibility index (Phi) is 9.41. The summed E-state index contributed by atoms with van der Waals surface area (Å²) in [7, 11) is 1.70. The maximum Gasteiger partial charge on any atom is 0.341 e. The van der Waals surface area contributed by atoms with Crippen molar-refractivity contribution in [2.24, 2.45) is 5.92 Å². The van der Waals surface area contributed by atoms with E-state index in [0.717, 1.165) is 28.8 Å². The van der Waals surface area contributed by atoms with Gasteiger partial charge in [0.25, 0.3) is 0 Å². The topological polar surface area (TPSA) is 87.7 Å². The second-order valence-electron chi connectivity index (χ2n) is 8.32. The number of hydrogen-bond donors (Lipinski definition) is 2. The van der Waals surface area contributed by atoms with Gasteiger partial charge in [0, 0.05) is 5.69 Å². The van der Waals surface area contributed by atoms with E-state index in [1.54, 1.807) is 18.9 Å². The fourth-order valence-electron chi connectivity index (χ4n) is 3.41. The zero-order valence-corrected chi connectivity index (χ0v) is 20.5. The number of carbonyl (C=O) groups excluding carboxylic acids is 3. The molecular weight excluding hydrogens is 426 g/mol. The predicted molar refractivity (Wildman–Crippen MR) is 129 cm³/mol. The van der Waals surface area contributed by atoms with Gasteiger partial charge in [0.2, 0.25) is 11.8 Å². The minimum atomic E-state index is -0.430. The monoisotopic (exact) mass is 459 g/mol. The molecule has 174 valence electrons. The molecular formula is C24H33N3O4S. The highest BCUT2D eigenvalue weighted by Gasteiger charge is 2.23. The fraction of sp³-hybridized carbons (Fsp3) is 0.458. The number of benzene rings is 1. The lowest BCUT2D eigenvalue weighted by molar-refractivity contribution is -0.119. The van der Waals surface area contributed by atoms with Crippen LogP contribution in [0.15, 0.2) is 23.6 Å². The van der Waals surface area contributed by atoms with Gasteiger partial charge in [-0.15, -0.1) is 11.3 Å². The number of rotatable bonds is 10. The Morgan fingerprint density at radius 1 is 1.06 bits per heavy atom. The van der Waals surface area contributed by atoms with Crippen molar-refractivity contribution in [1.82, 2.24) is 4.90 Å². The molecule has 0 unspecified atom stereocenters. The molecule has 1 aromatic heterocycles. The van der Waals surface area contributed by atoms with E-state index in [-0.39, 0.29) is 31.5 Å². The second kappa shape index (κ2) is 11.8. The van der Waals surface area contributed by atoms with Crippen LogP contribution in [0.3, 0.4) is 0 Å². The standard InChI is InChI=1S/C24H33N3O4S/c1-7-31-24(30)21-18(11-15(2)3)14-32-23(21)26-20(29)13-27(6)12-19(28)25-22-16(4)9-8-10-17(22)5/h8-10,14-15H,7,11-13H2,1-6H3,(H,25,28)(H,26,29). The summed E-state index contributed by atoms with van der Waals surface area (Å²) in [6.45, 7) is 10.1. The number of esters is 1. The van der Waals surface area contributed by atoms with Gasteiger partial charge in [0.1, 0.15) is 5.00 Å². The summed E-state index contributed by atoms with van der Waals surface area (Å²) in [4.78, 5) is 39.2. The Morgan fingerprint density at radius 2 is 1.66 bits per heavy atom. The van der Waals surface area contributed by atoms with E-state index in [1.165, 1.54) is 11.3 Å². The third-order valence-electron chi connectivity index (χ3n) is 4.80. The van der Waals surface area contributed by atoms with Crippen LogP contribution in [0.2, 0.25) is 0 Å². The molecule has 0 atom stereocenters. The molecule has 2 N–H and O–H groups in total. The van der Waals surface area contributed by atoms with Crippen LogP contribution in [-0.4, -0.2) is 49.4 Å². The number of nitrogens with zero attached hydrogens (tertiary/aromatic N) is 1. The third kappa shape index (κ3) is 7.17. The Balaban J connectivity index is 2.00. The molecule has 7 nitrogen and oxygen atoms in total. The Bertz CT molecular complexity index is 948. The summed E-state index contributed by atoms with van der Waals surface area (Å²) in [6, 6.07) is 5.82. The van der Waals surface area contributed by atoms with Gasteiger partial charge in [-0.1, -0.05) is 32.0 Å². The molecule has 32 heavy (non-hydrogen) atoms. The molecule has 0 bridgehead atoms. The quantitative estimate of drug-likeness (QED) is 0.519. The molecule has 0 saturated heterocycles. The van der Waals surface area contributed by atoms with E-state index in [9.17, 15) is 14.4 Å². The van der Waals surface area contributed by atoms with E-state index in [2.05, 4.69) is 24.5 Å². The van der Waals surface area contributed by atoms with Crippen molar-refractivity contribution in [3.63, 3.8) is 0 Å². The van der Waals surface area contributed by atoms with Crippen molar-refractivity contribution in [3.8, 4) is 0 Å². The van der Waals surface area contributed by atoms with E-state index >= 15 is 0 Å². The maximum absolute atomic E-state index is 12.6. The first-order chi connectivity index (χ1) is 15.1. The number of carbonyl (C=O) groups is 3. The van der Waals surface area contributed by atoms with Crippen molar-refractivity contribution in [2.45, 2.75) is 41.0 Å². The van der Waals surface area contributed by atoms with Gasteiger partial charge < -0.3 is 15.4 Å². The van der Waals surface area contributed by atoms with Gasteiger partial charge in [0.05, 0.1) is 25.3 Å². The highest BCUT2D eigenvalue weighted by Crippen LogP contribution is 2.31. The number of ether oxygens (including phenoxy) is 1. The highest BCUT2D eigenvalue weighted by molar-refractivity contribution is 7.15. The van der Waals surface area contributed by atoms with Crippen molar-refractivity contribution in [2.75, 3.05) is 37.4 Å². The number of nitrogens with one attached hydrogen (secondary N) is 2. The highest BCUT2D eigenvalue weighted by atomic mass is 32.1. The maximum atomic E-state index is 12.6. The van der Waals surface area contributed by atoms with Crippen molar-refractivity contribution in [3.05, 3.63) is 45.8 Å². The molecule has 0 aliphatic heterocycles. The van der Waals surface area contributed by atoms with Gasteiger partial charge in [0.15, 0.2) is 0 Å². The SMILES string of the molecule is CCOC(=O)c1c(CC(C)C)csc1NC(=O)CN(C)CC(=O)Nc1c(C)cccc1C. The first-order valence-corrected chi connectivity index (χ1v) is 11.6. The lowest BCUT2D eigenvalue weighted by Gasteiger charge is -2.17. The molecule has 1 heterocycles. The molecule has 1 aromatic carbocycles.